The fraction of sp³-hybridized carbons (Fsp3) is 0.500. The molecule has 0 aromatic heterocycles. The van der Waals surface area contributed by atoms with Crippen molar-refractivity contribution in [2.45, 2.75) is 25.3 Å². The second-order valence-corrected chi connectivity index (χ2v) is 4.61. The Hall–Kier alpha value is -1.55. The number of carboxylic acids is 1. The topological polar surface area (TPSA) is 49.8 Å². The van der Waals surface area contributed by atoms with Gasteiger partial charge in [-0.1, -0.05) is 12.1 Å². The van der Waals surface area contributed by atoms with Crippen LogP contribution in [0, 0.1) is 0 Å². The molecule has 18 heavy (non-hydrogen) atoms. The lowest BCUT2D eigenvalue weighted by Gasteiger charge is -2.24. The van der Waals surface area contributed by atoms with Crippen LogP contribution in [0.1, 0.15) is 30.9 Å². The summed E-state index contributed by atoms with van der Waals surface area (Å²) in [5, 5.41) is 8.76. The largest absolute Gasteiger partial charge is 0.497 e. The van der Waals surface area contributed by atoms with Gasteiger partial charge in [0.1, 0.15) is 5.75 Å². The first-order valence-electron chi connectivity index (χ1n) is 6.30. The minimum atomic E-state index is -0.726. The summed E-state index contributed by atoms with van der Waals surface area (Å²) in [5.41, 5.74) is 1.25. The molecular weight excluding hydrogens is 230 g/mol. The molecule has 0 saturated carbocycles. The highest BCUT2D eigenvalue weighted by atomic mass is 16.5. The molecule has 1 atom stereocenters. The summed E-state index contributed by atoms with van der Waals surface area (Å²) in [6.07, 6.45) is 2.45. The second-order valence-electron chi connectivity index (χ2n) is 4.61. The third kappa shape index (κ3) is 3.01. The van der Waals surface area contributed by atoms with Gasteiger partial charge in [-0.15, -0.1) is 0 Å². The van der Waals surface area contributed by atoms with Crippen LogP contribution in [-0.4, -0.2) is 36.2 Å². The number of hydrogen-bond donors (Lipinski definition) is 1. The van der Waals surface area contributed by atoms with Crippen LogP contribution >= 0.6 is 0 Å². The molecule has 0 radical (unpaired) electrons. The highest BCUT2D eigenvalue weighted by molar-refractivity contribution is 5.66. The van der Waals surface area contributed by atoms with Crippen LogP contribution in [0.5, 0.6) is 5.75 Å². The van der Waals surface area contributed by atoms with Gasteiger partial charge in [0, 0.05) is 12.6 Å². The Morgan fingerprint density at radius 3 is 2.78 bits per heavy atom. The van der Waals surface area contributed by atoms with E-state index in [0.717, 1.165) is 25.1 Å². The lowest BCUT2D eigenvalue weighted by molar-refractivity contribution is -0.137. The molecule has 0 amide bonds. The van der Waals surface area contributed by atoms with Gasteiger partial charge in [-0.3, -0.25) is 9.69 Å². The molecule has 98 valence electrons. The quantitative estimate of drug-likeness (QED) is 0.870. The average Bonchev–Trinajstić information content (AvgIpc) is 2.85. The number of likely N-dealkylation sites (tertiary alicyclic amines) is 1. The van der Waals surface area contributed by atoms with Crippen LogP contribution in [0.4, 0.5) is 0 Å². The monoisotopic (exact) mass is 249 g/mol. The minimum absolute atomic E-state index is 0.215. The zero-order valence-electron chi connectivity index (χ0n) is 10.6. The molecule has 0 bridgehead atoms. The predicted octanol–water partition coefficient (Wildman–Crippen LogP) is 2.31. The Labute approximate surface area is 107 Å². The van der Waals surface area contributed by atoms with Gasteiger partial charge in [-0.2, -0.15) is 0 Å². The van der Waals surface area contributed by atoms with Crippen molar-refractivity contribution in [1.82, 2.24) is 4.90 Å². The van der Waals surface area contributed by atoms with Gasteiger partial charge in [-0.05, 0) is 37.1 Å². The van der Waals surface area contributed by atoms with Crippen LogP contribution in [-0.2, 0) is 4.79 Å². The number of benzene rings is 1. The molecule has 1 aliphatic heterocycles. The van der Waals surface area contributed by atoms with Crippen LogP contribution in [0.2, 0.25) is 0 Å². The van der Waals surface area contributed by atoms with Crippen LogP contribution in [0.15, 0.2) is 24.3 Å². The maximum Gasteiger partial charge on any atom is 0.304 e. The van der Waals surface area contributed by atoms with Gasteiger partial charge in [0.25, 0.3) is 0 Å². The number of hydrogen-bond acceptors (Lipinski definition) is 3. The number of methoxy groups -OCH3 is 1. The number of nitrogens with zero attached hydrogens (tertiary/aromatic N) is 1. The average molecular weight is 249 g/mol. The first-order valence-corrected chi connectivity index (χ1v) is 6.30. The third-order valence-electron chi connectivity index (χ3n) is 3.48. The molecule has 0 spiro atoms. The number of aliphatic carboxylic acids is 1. The maximum absolute atomic E-state index is 10.6. The molecule has 1 aliphatic rings. The second kappa shape index (κ2) is 5.87. The first kappa shape index (κ1) is 12.9. The van der Waals surface area contributed by atoms with E-state index in [1.165, 1.54) is 5.56 Å². The molecule has 1 N–H and O–H groups in total. The van der Waals surface area contributed by atoms with Crippen molar-refractivity contribution >= 4 is 5.97 Å². The fourth-order valence-corrected chi connectivity index (χ4v) is 2.54. The smallest absolute Gasteiger partial charge is 0.304 e. The summed E-state index contributed by atoms with van der Waals surface area (Å²) in [4.78, 5) is 12.9. The van der Waals surface area contributed by atoms with Crippen LogP contribution in [0.3, 0.4) is 0 Å². The number of ether oxygens (including phenoxy) is 1. The van der Waals surface area contributed by atoms with E-state index in [9.17, 15) is 4.79 Å². The molecule has 0 unspecified atom stereocenters. The summed E-state index contributed by atoms with van der Waals surface area (Å²) < 4.78 is 5.15. The summed E-state index contributed by atoms with van der Waals surface area (Å²) in [6, 6.07) is 8.42. The Morgan fingerprint density at radius 2 is 2.17 bits per heavy atom. The molecule has 1 heterocycles. The molecule has 0 aliphatic carbocycles. The van der Waals surface area contributed by atoms with Gasteiger partial charge >= 0.3 is 5.97 Å². The molecule has 1 aromatic carbocycles. The molecule has 4 nitrogen and oxygen atoms in total. The number of rotatable bonds is 5. The summed E-state index contributed by atoms with van der Waals surface area (Å²) >= 11 is 0. The molecule has 1 aromatic rings. The van der Waals surface area contributed by atoms with E-state index in [1.54, 1.807) is 7.11 Å². The van der Waals surface area contributed by atoms with Crippen molar-refractivity contribution < 1.29 is 14.6 Å². The van der Waals surface area contributed by atoms with Gasteiger partial charge in [0.2, 0.25) is 0 Å². The normalized spacial score (nSPS) is 19.9. The van der Waals surface area contributed by atoms with Gasteiger partial charge in [-0.25, -0.2) is 0 Å². The summed E-state index contributed by atoms with van der Waals surface area (Å²) in [5.74, 6) is 0.129. The highest BCUT2D eigenvalue weighted by Gasteiger charge is 2.25. The van der Waals surface area contributed by atoms with E-state index in [1.807, 2.05) is 12.1 Å². The van der Waals surface area contributed by atoms with E-state index in [4.69, 9.17) is 9.84 Å². The Kier molecular flexibility index (Phi) is 4.20. The van der Waals surface area contributed by atoms with Crippen LogP contribution < -0.4 is 4.74 Å². The van der Waals surface area contributed by atoms with Gasteiger partial charge < -0.3 is 9.84 Å². The standard InChI is InChI=1S/C14H19NO3/c1-18-12-6-4-11(5-7-12)13-3-2-9-15(13)10-8-14(16)17/h4-7,13H,2-3,8-10H2,1H3,(H,16,17)/t13-/m0/s1. The van der Waals surface area contributed by atoms with Crippen molar-refractivity contribution in [3.05, 3.63) is 29.8 Å². The maximum atomic E-state index is 10.6. The SMILES string of the molecule is COc1ccc([C@@H]2CCCN2CCC(=O)O)cc1. The van der Waals surface area contributed by atoms with Crippen molar-refractivity contribution in [1.29, 1.82) is 0 Å². The first-order chi connectivity index (χ1) is 8.70. The molecule has 4 heteroatoms. The highest BCUT2D eigenvalue weighted by Crippen LogP contribution is 2.32. The number of carbonyl (C=O) groups is 1. The van der Waals surface area contributed by atoms with E-state index in [0.29, 0.717) is 12.6 Å². The molecular formula is C14H19NO3. The molecule has 1 saturated heterocycles. The van der Waals surface area contributed by atoms with Gasteiger partial charge in [0.05, 0.1) is 13.5 Å². The molecule has 1 fully saturated rings. The van der Waals surface area contributed by atoms with E-state index in [-0.39, 0.29) is 6.42 Å². The zero-order chi connectivity index (χ0) is 13.0. The van der Waals surface area contributed by atoms with Crippen molar-refractivity contribution in [2.75, 3.05) is 20.2 Å². The van der Waals surface area contributed by atoms with E-state index in [2.05, 4.69) is 17.0 Å². The Bertz CT molecular complexity index is 402. The van der Waals surface area contributed by atoms with Crippen molar-refractivity contribution in [3.8, 4) is 5.75 Å². The summed E-state index contributed by atoms with van der Waals surface area (Å²) in [7, 11) is 1.66. The van der Waals surface area contributed by atoms with E-state index < -0.39 is 5.97 Å². The summed E-state index contributed by atoms with van der Waals surface area (Å²) in [6.45, 7) is 1.62. The zero-order valence-corrected chi connectivity index (χ0v) is 10.6. The fourth-order valence-electron chi connectivity index (χ4n) is 2.54. The minimum Gasteiger partial charge on any atom is -0.497 e. The molecule has 2 rings (SSSR count). The van der Waals surface area contributed by atoms with Gasteiger partial charge in [0.15, 0.2) is 0 Å². The third-order valence-corrected chi connectivity index (χ3v) is 3.48. The predicted molar refractivity (Wildman–Crippen MR) is 68.8 cm³/mol. The Morgan fingerprint density at radius 1 is 1.44 bits per heavy atom. The Balaban J connectivity index is 2.03. The van der Waals surface area contributed by atoms with Crippen molar-refractivity contribution in [2.24, 2.45) is 0 Å². The van der Waals surface area contributed by atoms with Crippen molar-refractivity contribution in [3.63, 3.8) is 0 Å². The lowest BCUT2D eigenvalue weighted by Crippen LogP contribution is -2.26. The lowest BCUT2D eigenvalue weighted by atomic mass is 10.0. The van der Waals surface area contributed by atoms with Crippen LogP contribution in [0.25, 0.3) is 0 Å². The van der Waals surface area contributed by atoms with E-state index >= 15 is 0 Å². The number of carboxylic acid groups (broad SMARTS) is 1.